The van der Waals surface area contributed by atoms with Gasteiger partial charge >= 0.3 is 0 Å². The normalized spacial score (nSPS) is 21.4. The highest BCUT2D eigenvalue weighted by Gasteiger charge is 2.40. The SMILES string of the molecule is CC1(C)OC(CCC(O)c2ccccc2)CC[n+]2noc([O-])c21. The van der Waals surface area contributed by atoms with Gasteiger partial charge in [0.2, 0.25) is 0 Å². The van der Waals surface area contributed by atoms with Crippen LogP contribution >= 0.6 is 0 Å². The summed E-state index contributed by atoms with van der Waals surface area (Å²) in [5, 5.41) is 25.9. The van der Waals surface area contributed by atoms with Gasteiger partial charge in [-0.2, -0.15) is 0 Å². The Morgan fingerprint density at radius 2 is 2.13 bits per heavy atom. The van der Waals surface area contributed by atoms with Crippen molar-refractivity contribution in [3.63, 3.8) is 0 Å². The molecule has 1 aromatic carbocycles. The topological polar surface area (TPSA) is 82.4 Å². The predicted octanol–water partition coefficient (Wildman–Crippen LogP) is 1.57. The Kier molecular flexibility index (Phi) is 4.37. The minimum Gasteiger partial charge on any atom is -0.539 e. The molecule has 124 valence electrons. The standard InChI is InChI=1S/C17H22N2O4/c1-17(2)15-16(21)23-18-19(15)11-10-13(22-17)8-9-14(20)12-6-4-3-5-7-12/h3-7,13-14,20H,8-11H2,1-2H3. The summed E-state index contributed by atoms with van der Waals surface area (Å²) in [4.78, 5) is 0. The maximum Gasteiger partial charge on any atom is 0.264 e. The third-order valence-electron chi connectivity index (χ3n) is 4.31. The molecule has 0 saturated carbocycles. The van der Waals surface area contributed by atoms with Crippen LogP contribution in [-0.2, 0) is 16.9 Å². The molecule has 0 spiro atoms. The average Bonchev–Trinajstić information content (AvgIpc) is 2.85. The van der Waals surface area contributed by atoms with E-state index in [4.69, 9.17) is 9.26 Å². The summed E-state index contributed by atoms with van der Waals surface area (Å²) in [6.45, 7) is 4.28. The predicted molar refractivity (Wildman–Crippen MR) is 79.3 cm³/mol. The van der Waals surface area contributed by atoms with Crippen molar-refractivity contribution in [2.75, 3.05) is 0 Å². The molecule has 2 heterocycles. The highest BCUT2D eigenvalue weighted by atomic mass is 16.6. The van der Waals surface area contributed by atoms with Gasteiger partial charge in [0.25, 0.3) is 5.69 Å². The maximum absolute atomic E-state index is 11.8. The van der Waals surface area contributed by atoms with Crippen molar-refractivity contribution in [2.24, 2.45) is 0 Å². The quantitative estimate of drug-likeness (QED) is 0.865. The molecule has 6 nitrogen and oxygen atoms in total. The molecule has 0 saturated heterocycles. The number of hydrogen-bond acceptors (Lipinski definition) is 5. The summed E-state index contributed by atoms with van der Waals surface area (Å²) in [5.74, 6) is -0.444. The molecule has 1 N–H and O–H groups in total. The van der Waals surface area contributed by atoms with Crippen LogP contribution in [0.3, 0.4) is 0 Å². The molecule has 0 fully saturated rings. The molecule has 2 unspecified atom stereocenters. The van der Waals surface area contributed by atoms with E-state index in [0.29, 0.717) is 18.7 Å². The summed E-state index contributed by atoms with van der Waals surface area (Å²) < 4.78 is 12.4. The van der Waals surface area contributed by atoms with Crippen LogP contribution in [0.2, 0.25) is 0 Å². The van der Waals surface area contributed by atoms with E-state index < -0.39 is 17.7 Å². The molecule has 0 aliphatic carbocycles. The number of ether oxygens (including phenoxy) is 1. The fourth-order valence-corrected chi connectivity index (χ4v) is 3.17. The average molecular weight is 318 g/mol. The van der Waals surface area contributed by atoms with Crippen LogP contribution < -0.4 is 9.79 Å². The number of fused-ring (bicyclic) bond motifs is 1. The van der Waals surface area contributed by atoms with E-state index in [9.17, 15) is 10.2 Å². The Balaban J connectivity index is 1.65. The Morgan fingerprint density at radius 3 is 2.87 bits per heavy atom. The molecule has 1 aliphatic heterocycles. The minimum absolute atomic E-state index is 0.0375. The van der Waals surface area contributed by atoms with Crippen molar-refractivity contribution in [1.29, 1.82) is 0 Å². The Hall–Kier alpha value is -1.92. The van der Waals surface area contributed by atoms with Crippen LogP contribution in [0, 0.1) is 0 Å². The summed E-state index contributed by atoms with van der Waals surface area (Å²) in [6.07, 6.45) is 1.52. The van der Waals surface area contributed by atoms with E-state index in [0.717, 1.165) is 18.4 Å². The van der Waals surface area contributed by atoms with E-state index in [-0.39, 0.29) is 6.10 Å². The van der Waals surface area contributed by atoms with Crippen LogP contribution in [-0.4, -0.2) is 16.5 Å². The van der Waals surface area contributed by atoms with Gasteiger partial charge in [-0.25, -0.2) is 0 Å². The van der Waals surface area contributed by atoms with Crippen molar-refractivity contribution in [3.05, 3.63) is 41.6 Å². The van der Waals surface area contributed by atoms with E-state index in [2.05, 4.69) is 5.27 Å². The molecule has 2 atom stereocenters. The zero-order chi connectivity index (χ0) is 16.4. The molecule has 23 heavy (non-hydrogen) atoms. The minimum atomic E-state index is -0.754. The van der Waals surface area contributed by atoms with Gasteiger partial charge in [0.1, 0.15) is 0 Å². The van der Waals surface area contributed by atoms with Crippen LogP contribution in [0.5, 0.6) is 5.95 Å². The van der Waals surface area contributed by atoms with Crippen LogP contribution in [0.15, 0.2) is 34.9 Å². The zero-order valence-electron chi connectivity index (χ0n) is 13.4. The number of hydrogen-bond donors (Lipinski definition) is 1. The lowest BCUT2D eigenvalue weighted by Crippen LogP contribution is -2.43. The smallest absolute Gasteiger partial charge is 0.264 e. The molecule has 0 radical (unpaired) electrons. The first-order valence-corrected chi connectivity index (χ1v) is 7.95. The fraction of sp³-hybridized carbons (Fsp3) is 0.529. The van der Waals surface area contributed by atoms with E-state index in [1.165, 1.54) is 0 Å². The Morgan fingerprint density at radius 1 is 1.39 bits per heavy atom. The molecular formula is C17H22N2O4. The van der Waals surface area contributed by atoms with Gasteiger partial charge < -0.3 is 19.5 Å². The number of rotatable bonds is 4. The van der Waals surface area contributed by atoms with Crippen LogP contribution in [0.1, 0.15) is 50.5 Å². The lowest BCUT2D eigenvalue weighted by atomic mass is 10.0. The molecule has 1 aliphatic rings. The summed E-state index contributed by atoms with van der Waals surface area (Å²) >= 11 is 0. The van der Waals surface area contributed by atoms with Crippen molar-refractivity contribution in [3.8, 4) is 5.95 Å². The van der Waals surface area contributed by atoms with E-state index in [1.54, 1.807) is 4.68 Å². The zero-order valence-corrected chi connectivity index (χ0v) is 13.4. The monoisotopic (exact) mass is 318 g/mol. The lowest BCUT2D eigenvalue weighted by molar-refractivity contribution is -0.770. The Labute approximate surface area is 135 Å². The lowest BCUT2D eigenvalue weighted by Gasteiger charge is -2.26. The maximum atomic E-state index is 11.8. The molecule has 0 amide bonds. The van der Waals surface area contributed by atoms with Gasteiger partial charge in [-0.05, 0) is 32.3 Å². The van der Waals surface area contributed by atoms with E-state index in [1.807, 2.05) is 44.2 Å². The fourth-order valence-electron chi connectivity index (χ4n) is 3.17. The van der Waals surface area contributed by atoms with Gasteiger partial charge in [0.15, 0.2) is 18.1 Å². The molecule has 1 aromatic heterocycles. The van der Waals surface area contributed by atoms with Gasteiger partial charge in [0, 0.05) is 6.42 Å². The number of benzene rings is 1. The van der Waals surface area contributed by atoms with E-state index >= 15 is 0 Å². The van der Waals surface area contributed by atoms with Gasteiger partial charge in [-0.1, -0.05) is 35.0 Å². The number of aliphatic hydroxyl groups excluding tert-OH is 1. The molecule has 2 aromatic rings. The number of aliphatic hydroxyl groups is 1. The third-order valence-corrected chi connectivity index (χ3v) is 4.31. The first-order valence-electron chi connectivity index (χ1n) is 7.95. The second-order valence-electron chi connectivity index (χ2n) is 6.47. The summed E-state index contributed by atoms with van der Waals surface area (Å²) in [7, 11) is 0. The van der Waals surface area contributed by atoms with Gasteiger partial charge in [0.05, 0.1) is 17.5 Å². The number of aryl methyl sites for hydroxylation is 1. The van der Waals surface area contributed by atoms with Crippen molar-refractivity contribution in [2.45, 2.75) is 57.5 Å². The second kappa shape index (κ2) is 6.29. The highest BCUT2D eigenvalue weighted by molar-refractivity contribution is 5.17. The highest BCUT2D eigenvalue weighted by Crippen LogP contribution is 2.33. The largest absolute Gasteiger partial charge is 0.539 e. The number of aromatic nitrogens is 2. The van der Waals surface area contributed by atoms with Crippen LogP contribution in [0.4, 0.5) is 0 Å². The summed E-state index contributed by atoms with van der Waals surface area (Å²) in [5.41, 5.74) is 0.605. The van der Waals surface area contributed by atoms with Crippen molar-refractivity contribution < 1.29 is 24.2 Å². The molecule has 6 heteroatoms. The first-order chi connectivity index (χ1) is 11.0. The Bertz CT molecular complexity index is 654. The van der Waals surface area contributed by atoms with Gasteiger partial charge in [-0.3, -0.25) is 0 Å². The molecule has 0 bridgehead atoms. The summed E-state index contributed by atoms with van der Waals surface area (Å²) in [6, 6.07) is 9.61. The van der Waals surface area contributed by atoms with Gasteiger partial charge in [-0.15, -0.1) is 0 Å². The second-order valence-corrected chi connectivity index (χ2v) is 6.47. The third kappa shape index (κ3) is 3.38. The van der Waals surface area contributed by atoms with Crippen molar-refractivity contribution >= 4 is 0 Å². The molecule has 3 rings (SSSR count). The molecular weight excluding hydrogens is 296 g/mol. The van der Waals surface area contributed by atoms with Crippen LogP contribution in [0.25, 0.3) is 0 Å². The van der Waals surface area contributed by atoms with Crippen molar-refractivity contribution in [1.82, 2.24) is 5.27 Å². The first kappa shape index (κ1) is 16.0. The number of nitrogens with zero attached hydrogens (tertiary/aromatic N) is 2.